The van der Waals surface area contributed by atoms with E-state index in [-0.39, 0.29) is 0 Å². The summed E-state index contributed by atoms with van der Waals surface area (Å²) in [6, 6.07) is 11.0. The number of hydrogen-bond acceptors (Lipinski definition) is 3. The third kappa shape index (κ3) is 4.21. The summed E-state index contributed by atoms with van der Waals surface area (Å²) in [6.45, 7) is 2.35. The van der Waals surface area contributed by atoms with E-state index in [9.17, 15) is 9.59 Å². The molecule has 1 aromatic heterocycles. The second-order valence-corrected chi connectivity index (χ2v) is 4.55. The van der Waals surface area contributed by atoms with Gasteiger partial charge in [-0.2, -0.15) is 0 Å². The Labute approximate surface area is 123 Å². The molecule has 2 amide bonds. The molecule has 21 heavy (non-hydrogen) atoms. The maximum absolute atomic E-state index is 11.8. The third-order valence-corrected chi connectivity index (χ3v) is 3.09. The Morgan fingerprint density at radius 3 is 2.62 bits per heavy atom. The Bertz CT molecular complexity index is 606. The van der Waals surface area contributed by atoms with Crippen molar-refractivity contribution >= 4 is 17.5 Å². The van der Waals surface area contributed by atoms with Gasteiger partial charge in [-0.25, -0.2) is 0 Å². The summed E-state index contributed by atoms with van der Waals surface area (Å²) in [5.41, 5.74) is 1.67. The van der Waals surface area contributed by atoms with E-state index < -0.39 is 11.8 Å². The first-order valence-electron chi connectivity index (χ1n) is 6.90. The number of nitrogens with one attached hydrogen (secondary N) is 2. The molecule has 1 aromatic carbocycles. The highest BCUT2D eigenvalue weighted by Crippen LogP contribution is 2.15. The highest BCUT2D eigenvalue weighted by atomic mass is 16.3. The van der Waals surface area contributed by atoms with Crippen LogP contribution in [0.3, 0.4) is 0 Å². The van der Waals surface area contributed by atoms with Gasteiger partial charge in [-0.3, -0.25) is 9.59 Å². The Morgan fingerprint density at radius 2 is 1.90 bits per heavy atom. The molecule has 2 rings (SSSR count). The summed E-state index contributed by atoms with van der Waals surface area (Å²) in [6.07, 6.45) is 2.92. The molecule has 0 aliphatic heterocycles. The minimum absolute atomic E-state index is 0.356. The van der Waals surface area contributed by atoms with Crippen LogP contribution in [0.1, 0.15) is 18.2 Å². The molecule has 0 saturated heterocycles. The zero-order chi connectivity index (χ0) is 15.1. The lowest BCUT2D eigenvalue weighted by atomic mass is 10.1. The fraction of sp³-hybridized carbons (Fsp3) is 0.250. The summed E-state index contributed by atoms with van der Waals surface area (Å²) in [4.78, 5) is 23.5. The van der Waals surface area contributed by atoms with Crippen LogP contribution in [0.4, 0.5) is 5.69 Å². The van der Waals surface area contributed by atoms with Gasteiger partial charge in [-0.1, -0.05) is 25.1 Å². The predicted octanol–water partition coefficient (Wildman–Crippen LogP) is 2.14. The number of carbonyl (C=O) groups is 2. The summed E-state index contributed by atoms with van der Waals surface area (Å²) in [5.74, 6) is -0.533. The van der Waals surface area contributed by atoms with E-state index in [1.165, 1.54) is 0 Å². The fourth-order valence-corrected chi connectivity index (χ4v) is 1.96. The SMILES string of the molecule is CCc1ccccc1NC(=O)C(=O)NCCc1ccco1. The molecule has 5 nitrogen and oxygen atoms in total. The first kappa shape index (κ1) is 14.8. The zero-order valence-corrected chi connectivity index (χ0v) is 11.9. The van der Waals surface area contributed by atoms with Gasteiger partial charge in [0, 0.05) is 18.7 Å². The molecule has 0 fully saturated rings. The zero-order valence-electron chi connectivity index (χ0n) is 11.9. The molecule has 1 heterocycles. The Balaban J connectivity index is 1.83. The van der Waals surface area contributed by atoms with Crippen molar-refractivity contribution in [1.82, 2.24) is 5.32 Å². The summed E-state index contributed by atoms with van der Waals surface area (Å²) < 4.78 is 5.15. The molecule has 0 aliphatic carbocycles. The largest absolute Gasteiger partial charge is 0.469 e. The van der Waals surface area contributed by atoms with E-state index in [1.807, 2.05) is 31.2 Å². The number of hydrogen-bond donors (Lipinski definition) is 2. The van der Waals surface area contributed by atoms with Crippen molar-refractivity contribution in [3.63, 3.8) is 0 Å². The highest BCUT2D eigenvalue weighted by Gasteiger charge is 2.14. The predicted molar refractivity (Wildman–Crippen MR) is 79.9 cm³/mol. The van der Waals surface area contributed by atoms with Crippen molar-refractivity contribution in [3.8, 4) is 0 Å². The Kier molecular flexibility index (Phi) is 5.15. The van der Waals surface area contributed by atoms with Crippen molar-refractivity contribution in [2.24, 2.45) is 0 Å². The lowest BCUT2D eigenvalue weighted by molar-refractivity contribution is -0.136. The van der Waals surface area contributed by atoms with Crippen LogP contribution in [-0.2, 0) is 22.4 Å². The monoisotopic (exact) mass is 286 g/mol. The molecule has 0 radical (unpaired) electrons. The molecule has 5 heteroatoms. The smallest absolute Gasteiger partial charge is 0.313 e. The van der Waals surface area contributed by atoms with Crippen LogP contribution >= 0.6 is 0 Å². The van der Waals surface area contributed by atoms with E-state index in [4.69, 9.17) is 4.42 Å². The third-order valence-electron chi connectivity index (χ3n) is 3.09. The minimum Gasteiger partial charge on any atom is -0.469 e. The number of aryl methyl sites for hydroxylation is 1. The van der Waals surface area contributed by atoms with Gasteiger partial charge in [0.05, 0.1) is 6.26 Å². The molecule has 2 aromatic rings. The van der Waals surface area contributed by atoms with Gasteiger partial charge in [0.15, 0.2) is 0 Å². The number of carbonyl (C=O) groups excluding carboxylic acids is 2. The Hall–Kier alpha value is -2.56. The molecule has 0 aliphatic rings. The van der Waals surface area contributed by atoms with Gasteiger partial charge in [0.2, 0.25) is 0 Å². The maximum atomic E-state index is 11.8. The topological polar surface area (TPSA) is 71.3 Å². The van der Waals surface area contributed by atoms with Gasteiger partial charge in [-0.05, 0) is 30.2 Å². The molecule has 0 atom stereocenters. The summed E-state index contributed by atoms with van der Waals surface area (Å²) >= 11 is 0. The molecular weight excluding hydrogens is 268 g/mol. The van der Waals surface area contributed by atoms with E-state index in [0.717, 1.165) is 17.7 Å². The lowest BCUT2D eigenvalue weighted by Gasteiger charge is -2.09. The van der Waals surface area contributed by atoms with Gasteiger partial charge in [0.1, 0.15) is 5.76 Å². The normalized spacial score (nSPS) is 10.1. The average Bonchev–Trinajstić information content (AvgIpc) is 3.01. The van der Waals surface area contributed by atoms with Gasteiger partial charge < -0.3 is 15.1 Å². The Morgan fingerprint density at radius 1 is 1.10 bits per heavy atom. The van der Waals surface area contributed by atoms with E-state index >= 15 is 0 Å². The number of furan rings is 1. The number of para-hydroxylation sites is 1. The van der Waals surface area contributed by atoms with Crippen LogP contribution in [0.2, 0.25) is 0 Å². The first-order valence-corrected chi connectivity index (χ1v) is 6.90. The molecule has 0 bridgehead atoms. The number of amides is 2. The second-order valence-electron chi connectivity index (χ2n) is 4.55. The second kappa shape index (κ2) is 7.28. The molecular formula is C16H18N2O3. The van der Waals surface area contributed by atoms with Crippen molar-refractivity contribution in [2.45, 2.75) is 19.8 Å². The van der Waals surface area contributed by atoms with Crippen LogP contribution in [0.25, 0.3) is 0 Å². The number of anilines is 1. The van der Waals surface area contributed by atoms with Crippen LogP contribution in [0, 0.1) is 0 Å². The van der Waals surface area contributed by atoms with Crippen LogP contribution in [0.5, 0.6) is 0 Å². The van der Waals surface area contributed by atoms with Gasteiger partial charge in [-0.15, -0.1) is 0 Å². The highest BCUT2D eigenvalue weighted by molar-refractivity contribution is 6.39. The van der Waals surface area contributed by atoms with Crippen molar-refractivity contribution in [1.29, 1.82) is 0 Å². The van der Waals surface area contributed by atoms with Crippen molar-refractivity contribution < 1.29 is 14.0 Å². The van der Waals surface area contributed by atoms with Crippen molar-refractivity contribution in [2.75, 3.05) is 11.9 Å². The van der Waals surface area contributed by atoms with Crippen molar-refractivity contribution in [3.05, 3.63) is 54.0 Å². The maximum Gasteiger partial charge on any atom is 0.313 e. The van der Waals surface area contributed by atoms with Crippen LogP contribution in [-0.4, -0.2) is 18.4 Å². The van der Waals surface area contributed by atoms with Crippen LogP contribution in [0.15, 0.2) is 47.1 Å². The van der Waals surface area contributed by atoms with E-state index in [0.29, 0.717) is 18.7 Å². The minimum atomic E-state index is -0.657. The summed E-state index contributed by atoms with van der Waals surface area (Å²) in [5, 5.41) is 5.20. The average molecular weight is 286 g/mol. The molecule has 110 valence electrons. The van der Waals surface area contributed by atoms with E-state index in [2.05, 4.69) is 10.6 Å². The fourth-order valence-electron chi connectivity index (χ4n) is 1.96. The lowest BCUT2D eigenvalue weighted by Crippen LogP contribution is -2.36. The van der Waals surface area contributed by atoms with Crippen LogP contribution < -0.4 is 10.6 Å². The first-order chi connectivity index (χ1) is 10.2. The number of rotatable bonds is 5. The molecule has 0 spiro atoms. The molecule has 0 saturated carbocycles. The number of benzene rings is 1. The van der Waals surface area contributed by atoms with Gasteiger partial charge >= 0.3 is 11.8 Å². The molecule has 2 N–H and O–H groups in total. The molecule has 0 unspecified atom stereocenters. The quantitative estimate of drug-likeness (QED) is 0.827. The van der Waals surface area contributed by atoms with Gasteiger partial charge in [0.25, 0.3) is 0 Å². The summed E-state index contributed by atoms with van der Waals surface area (Å²) in [7, 11) is 0. The standard InChI is InChI=1S/C16H18N2O3/c1-2-12-6-3-4-8-14(12)18-16(20)15(19)17-10-9-13-7-5-11-21-13/h3-8,11H,2,9-10H2,1H3,(H,17,19)(H,18,20). The van der Waals surface area contributed by atoms with E-state index in [1.54, 1.807) is 18.4 Å².